The van der Waals surface area contributed by atoms with Crippen LogP contribution in [0.3, 0.4) is 0 Å². The number of carboxylic acid groups (broad SMARTS) is 1. The number of hydrogen-bond donors (Lipinski definition) is 3. The summed E-state index contributed by atoms with van der Waals surface area (Å²) < 4.78 is 0. The standard InChI is InChI=1S/C17H17N3O3/c1-10-3-4-11(8-14(10)21)16-15(19-9-20(16)2)13-7-12(17(22)23)5-6-18-13/h3-8,19,21H,9H2,1-2H3,(H,22,23). The van der Waals surface area contributed by atoms with Gasteiger partial charge in [-0.15, -0.1) is 0 Å². The molecule has 2 heterocycles. The van der Waals surface area contributed by atoms with E-state index in [2.05, 4.69) is 10.3 Å². The Balaban J connectivity index is 2.14. The van der Waals surface area contributed by atoms with Crippen LogP contribution in [0, 0.1) is 6.92 Å². The fourth-order valence-electron chi connectivity index (χ4n) is 2.58. The molecular weight excluding hydrogens is 294 g/mol. The fraction of sp³-hybridized carbons (Fsp3) is 0.176. The number of phenolic OH excluding ortho intramolecular Hbond substituents is 1. The van der Waals surface area contributed by atoms with Crippen LogP contribution < -0.4 is 5.32 Å². The molecule has 6 nitrogen and oxygen atoms in total. The molecule has 0 spiro atoms. The van der Waals surface area contributed by atoms with Gasteiger partial charge in [0.05, 0.1) is 29.3 Å². The Kier molecular flexibility index (Phi) is 3.65. The van der Waals surface area contributed by atoms with Crippen molar-refractivity contribution in [1.29, 1.82) is 0 Å². The van der Waals surface area contributed by atoms with Crippen molar-refractivity contribution in [3.63, 3.8) is 0 Å². The lowest BCUT2D eigenvalue weighted by Crippen LogP contribution is -2.18. The minimum atomic E-state index is -0.991. The van der Waals surface area contributed by atoms with Gasteiger partial charge < -0.3 is 20.4 Å². The minimum Gasteiger partial charge on any atom is -0.508 e. The van der Waals surface area contributed by atoms with Crippen LogP contribution in [0.2, 0.25) is 0 Å². The minimum absolute atomic E-state index is 0.185. The van der Waals surface area contributed by atoms with Crippen LogP contribution in [0.25, 0.3) is 11.4 Å². The largest absolute Gasteiger partial charge is 0.508 e. The number of nitrogens with zero attached hydrogens (tertiary/aromatic N) is 2. The van der Waals surface area contributed by atoms with Crippen molar-refractivity contribution in [2.75, 3.05) is 13.7 Å². The van der Waals surface area contributed by atoms with Crippen LogP contribution in [0.1, 0.15) is 27.2 Å². The second kappa shape index (κ2) is 5.64. The van der Waals surface area contributed by atoms with Gasteiger partial charge in [-0.2, -0.15) is 0 Å². The van der Waals surface area contributed by atoms with Gasteiger partial charge in [0.2, 0.25) is 0 Å². The maximum atomic E-state index is 11.2. The molecule has 6 heteroatoms. The first kappa shape index (κ1) is 14.9. The van der Waals surface area contributed by atoms with Crippen molar-refractivity contribution in [2.24, 2.45) is 0 Å². The zero-order chi connectivity index (χ0) is 16.6. The molecule has 23 heavy (non-hydrogen) atoms. The number of pyridine rings is 1. The van der Waals surface area contributed by atoms with Crippen LogP contribution in [0.5, 0.6) is 5.75 Å². The Morgan fingerprint density at radius 3 is 2.78 bits per heavy atom. The SMILES string of the molecule is Cc1ccc(C2=C(c3cc(C(=O)O)ccn3)NCN2C)cc1O. The highest BCUT2D eigenvalue weighted by atomic mass is 16.4. The number of aryl methyl sites for hydroxylation is 1. The maximum absolute atomic E-state index is 11.2. The zero-order valence-electron chi connectivity index (χ0n) is 12.9. The third kappa shape index (κ3) is 2.70. The highest BCUT2D eigenvalue weighted by molar-refractivity contribution is 5.93. The highest BCUT2D eigenvalue weighted by Gasteiger charge is 2.23. The number of hydrogen-bond acceptors (Lipinski definition) is 5. The van der Waals surface area contributed by atoms with Crippen molar-refractivity contribution in [3.05, 3.63) is 58.9 Å². The van der Waals surface area contributed by atoms with Crippen LogP contribution in [-0.2, 0) is 0 Å². The molecule has 3 N–H and O–H groups in total. The summed E-state index contributed by atoms with van der Waals surface area (Å²) in [5.74, 6) is -0.767. The summed E-state index contributed by atoms with van der Waals surface area (Å²) in [5.41, 5.74) is 4.01. The highest BCUT2D eigenvalue weighted by Crippen LogP contribution is 2.32. The van der Waals surface area contributed by atoms with E-state index in [-0.39, 0.29) is 11.3 Å². The van der Waals surface area contributed by atoms with Crippen molar-refractivity contribution < 1.29 is 15.0 Å². The summed E-state index contributed by atoms with van der Waals surface area (Å²) in [6.45, 7) is 2.42. The van der Waals surface area contributed by atoms with E-state index < -0.39 is 5.97 Å². The molecule has 0 amide bonds. The fourth-order valence-corrected chi connectivity index (χ4v) is 2.58. The number of aromatic carboxylic acids is 1. The molecule has 1 aliphatic heterocycles. The molecule has 0 saturated heterocycles. The van der Waals surface area contributed by atoms with Gasteiger partial charge in [-0.1, -0.05) is 12.1 Å². The van der Waals surface area contributed by atoms with Crippen molar-refractivity contribution in [3.8, 4) is 5.75 Å². The number of nitrogens with one attached hydrogen (secondary N) is 1. The average Bonchev–Trinajstić information content (AvgIpc) is 2.92. The molecule has 1 aliphatic rings. The third-order valence-electron chi connectivity index (χ3n) is 3.86. The summed E-state index contributed by atoms with van der Waals surface area (Å²) in [6.07, 6.45) is 1.48. The molecule has 0 bridgehead atoms. The van der Waals surface area contributed by atoms with Gasteiger partial charge in [0, 0.05) is 18.8 Å². The zero-order valence-corrected chi connectivity index (χ0v) is 12.9. The summed E-state index contributed by atoms with van der Waals surface area (Å²) in [4.78, 5) is 17.4. The molecule has 0 unspecified atom stereocenters. The number of phenols is 1. The first-order valence-electron chi connectivity index (χ1n) is 7.16. The molecule has 3 rings (SSSR count). The van der Waals surface area contributed by atoms with Crippen LogP contribution in [-0.4, -0.2) is 39.8 Å². The van der Waals surface area contributed by atoms with E-state index in [0.717, 1.165) is 22.5 Å². The second-order valence-corrected chi connectivity index (χ2v) is 5.49. The second-order valence-electron chi connectivity index (χ2n) is 5.49. The van der Waals surface area contributed by atoms with Gasteiger partial charge in [0.25, 0.3) is 0 Å². The van der Waals surface area contributed by atoms with Gasteiger partial charge in [0.1, 0.15) is 5.75 Å². The summed E-state index contributed by atoms with van der Waals surface area (Å²) in [5, 5.41) is 22.4. The van der Waals surface area contributed by atoms with E-state index in [9.17, 15) is 9.90 Å². The number of aromatic hydroxyl groups is 1. The van der Waals surface area contributed by atoms with E-state index in [1.54, 1.807) is 6.07 Å². The average molecular weight is 311 g/mol. The predicted molar refractivity (Wildman–Crippen MR) is 86.6 cm³/mol. The van der Waals surface area contributed by atoms with Crippen molar-refractivity contribution in [1.82, 2.24) is 15.2 Å². The molecule has 2 aromatic rings. The molecule has 0 atom stereocenters. The molecule has 0 fully saturated rings. The predicted octanol–water partition coefficient (Wildman–Crippen LogP) is 2.11. The normalized spacial score (nSPS) is 14.1. The first-order valence-corrected chi connectivity index (χ1v) is 7.16. The third-order valence-corrected chi connectivity index (χ3v) is 3.86. The topological polar surface area (TPSA) is 85.7 Å². The quantitative estimate of drug-likeness (QED) is 0.805. The van der Waals surface area contributed by atoms with Gasteiger partial charge in [-0.25, -0.2) is 4.79 Å². The van der Waals surface area contributed by atoms with Crippen molar-refractivity contribution in [2.45, 2.75) is 6.92 Å². The number of carbonyl (C=O) groups is 1. The summed E-state index contributed by atoms with van der Waals surface area (Å²) in [7, 11) is 1.92. The van der Waals surface area contributed by atoms with Gasteiger partial charge in [0.15, 0.2) is 0 Å². The maximum Gasteiger partial charge on any atom is 0.335 e. The Hall–Kier alpha value is -3.02. The Morgan fingerprint density at radius 1 is 1.30 bits per heavy atom. The Bertz CT molecular complexity index is 814. The van der Waals surface area contributed by atoms with Crippen molar-refractivity contribution >= 4 is 17.4 Å². The van der Waals surface area contributed by atoms with E-state index in [1.807, 2.05) is 31.0 Å². The number of rotatable bonds is 3. The van der Waals surface area contributed by atoms with Crippen LogP contribution >= 0.6 is 0 Å². The van der Waals surface area contributed by atoms with Gasteiger partial charge >= 0.3 is 5.97 Å². The van der Waals surface area contributed by atoms with E-state index in [0.29, 0.717) is 12.4 Å². The van der Waals surface area contributed by atoms with Gasteiger partial charge in [-0.3, -0.25) is 4.98 Å². The molecular formula is C17H17N3O3. The molecule has 1 aromatic carbocycles. The number of benzene rings is 1. The molecule has 0 radical (unpaired) electrons. The lowest BCUT2D eigenvalue weighted by molar-refractivity contribution is 0.0696. The molecule has 1 aromatic heterocycles. The number of carboxylic acids is 1. The van der Waals surface area contributed by atoms with E-state index in [4.69, 9.17) is 5.11 Å². The van der Waals surface area contributed by atoms with E-state index >= 15 is 0 Å². The van der Waals surface area contributed by atoms with Gasteiger partial charge in [-0.05, 0) is 30.7 Å². The van der Waals surface area contributed by atoms with Crippen LogP contribution in [0.15, 0.2) is 36.5 Å². The summed E-state index contributed by atoms with van der Waals surface area (Å²) >= 11 is 0. The monoisotopic (exact) mass is 311 g/mol. The Labute approximate surface area is 133 Å². The molecule has 118 valence electrons. The Morgan fingerprint density at radius 2 is 2.09 bits per heavy atom. The molecule has 0 aliphatic carbocycles. The number of aromatic nitrogens is 1. The lowest BCUT2D eigenvalue weighted by Gasteiger charge is -2.16. The van der Waals surface area contributed by atoms with E-state index in [1.165, 1.54) is 18.3 Å². The first-order chi connectivity index (χ1) is 11.0. The smallest absolute Gasteiger partial charge is 0.335 e. The van der Waals surface area contributed by atoms with Crippen LogP contribution in [0.4, 0.5) is 0 Å². The molecule has 0 saturated carbocycles. The lowest BCUT2D eigenvalue weighted by atomic mass is 10.0. The summed E-state index contributed by atoms with van der Waals surface area (Å²) in [6, 6.07) is 8.48.